The third-order valence-corrected chi connectivity index (χ3v) is 5.52. The van der Waals surface area contributed by atoms with E-state index in [1.165, 1.54) is 24.0 Å². The number of likely N-dealkylation sites (N-methyl/N-ethyl adjacent to an activating group) is 2. The van der Waals surface area contributed by atoms with Crippen molar-refractivity contribution in [1.29, 1.82) is 0 Å². The normalized spacial score (nSPS) is 14.2. The molecule has 164 valence electrons. The molecule has 1 heterocycles. The Balaban J connectivity index is 0.000000220. The molecule has 5 heteroatoms. The van der Waals surface area contributed by atoms with E-state index in [2.05, 4.69) is 17.1 Å². The van der Waals surface area contributed by atoms with Crippen LogP contribution >= 0.6 is 0 Å². The lowest BCUT2D eigenvalue weighted by molar-refractivity contribution is 0.0786. The smallest absolute Gasteiger partial charge is 0.253 e. The Kier molecular flexibility index (Phi) is 9.98. The third-order valence-electron chi connectivity index (χ3n) is 5.52. The molecule has 0 spiro atoms. The van der Waals surface area contributed by atoms with Gasteiger partial charge in [-0.05, 0) is 87.8 Å². The van der Waals surface area contributed by atoms with E-state index in [0.717, 1.165) is 38.2 Å². The van der Waals surface area contributed by atoms with Gasteiger partial charge in [-0.2, -0.15) is 0 Å². The third kappa shape index (κ3) is 7.88. The molecule has 0 radical (unpaired) electrons. The second-order valence-corrected chi connectivity index (χ2v) is 8.16. The molecule has 1 amide bonds. The summed E-state index contributed by atoms with van der Waals surface area (Å²) < 4.78 is 12.6. The van der Waals surface area contributed by atoms with Crippen LogP contribution in [0.25, 0.3) is 0 Å². The predicted octanol–water partition coefficient (Wildman–Crippen LogP) is 4.18. The molecule has 0 unspecified atom stereocenters. The van der Waals surface area contributed by atoms with Crippen LogP contribution in [0.5, 0.6) is 0 Å². The summed E-state index contributed by atoms with van der Waals surface area (Å²) >= 11 is 0. The fraction of sp³-hybridized carbons (Fsp3) is 0.480. The van der Waals surface area contributed by atoms with Crippen molar-refractivity contribution in [3.8, 4) is 0 Å². The number of halogens is 1. The number of benzene rings is 2. The number of carbonyl (C=O) groups excluding carboxylic acids is 1. The lowest BCUT2D eigenvalue weighted by atomic mass is 9.90. The van der Waals surface area contributed by atoms with Crippen LogP contribution in [0.2, 0.25) is 0 Å². The fourth-order valence-corrected chi connectivity index (χ4v) is 3.45. The zero-order valence-corrected chi connectivity index (χ0v) is 18.8. The molecule has 1 fully saturated rings. The van der Waals surface area contributed by atoms with Crippen molar-refractivity contribution in [1.82, 2.24) is 15.1 Å². The highest BCUT2D eigenvalue weighted by molar-refractivity contribution is 5.94. The van der Waals surface area contributed by atoms with E-state index in [-0.39, 0.29) is 11.7 Å². The quantitative estimate of drug-likeness (QED) is 0.772. The monoisotopic (exact) mass is 413 g/mol. The van der Waals surface area contributed by atoms with Crippen LogP contribution in [0, 0.1) is 5.82 Å². The van der Waals surface area contributed by atoms with Crippen LogP contribution in [-0.4, -0.2) is 63.0 Å². The maximum absolute atomic E-state index is 12.6. The minimum absolute atomic E-state index is 0.0921. The largest absolute Gasteiger partial charge is 0.340 e. The van der Waals surface area contributed by atoms with Crippen LogP contribution in [-0.2, 0) is 6.42 Å². The average Bonchev–Trinajstić information content (AvgIpc) is 2.78. The second kappa shape index (κ2) is 12.5. The van der Waals surface area contributed by atoms with E-state index in [9.17, 15) is 9.18 Å². The summed E-state index contributed by atoms with van der Waals surface area (Å²) in [7, 11) is 5.86. The van der Waals surface area contributed by atoms with Gasteiger partial charge < -0.3 is 15.1 Å². The van der Waals surface area contributed by atoms with E-state index >= 15 is 0 Å². The van der Waals surface area contributed by atoms with Gasteiger partial charge in [-0.25, -0.2) is 4.39 Å². The maximum Gasteiger partial charge on any atom is 0.253 e. The highest BCUT2D eigenvalue weighted by atomic mass is 19.1. The van der Waals surface area contributed by atoms with Crippen LogP contribution in [0.4, 0.5) is 4.39 Å². The van der Waals surface area contributed by atoms with Crippen molar-refractivity contribution in [2.75, 3.05) is 47.3 Å². The molecule has 3 rings (SSSR count). The SMILES string of the molecule is CCc1ccc(C(=O)N(C)CCN(C)C)cc1.Fc1ccc(C2CCNCC2)cc1. The average molecular weight is 414 g/mol. The Bertz CT molecular complexity index is 753. The summed E-state index contributed by atoms with van der Waals surface area (Å²) in [6.07, 6.45) is 3.35. The molecule has 0 aromatic heterocycles. The zero-order valence-electron chi connectivity index (χ0n) is 18.8. The van der Waals surface area contributed by atoms with Gasteiger partial charge in [0.1, 0.15) is 5.82 Å². The molecule has 1 N–H and O–H groups in total. The zero-order chi connectivity index (χ0) is 21.9. The fourth-order valence-electron chi connectivity index (χ4n) is 3.45. The molecule has 0 bridgehead atoms. The van der Waals surface area contributed by atoms with E-state index < -0.39 is 0 Å². The molecule has 1 aliphatic rings. The summed E-state index contributed by atoms with van der Waals surface area (Å²) in [6, 6.07) is 14.8. The van der Waals surface area contributed by atoms with Gasteiger partial charge in [0.25, 0.3) is 5.91 Å². The van der Waals surface area contributed by atoms with Gasteiger partial charge in [0.2, 0.25) is 0 Å². The number of hydrogen-bond acceptors (Lipinski definition) is 3. The standard InChI is InChI=1S/C14H22N2O.C11H14FN/c1-5-12-6-8-13(9-7-12)14(17)16(4)11-10-15(2)3;12-11-3-1-9(2-4-11)10-5-7-13-8-6-10/h6-9H,5,10-11H2,1-4H3;1-4,10,13H,5-8H2. The van der Waals surface area contributed by atoms with Crippen LogP contribution in [0.3, 0.4) is 0 Å². The van der Waals surface area contributed by atoms with Gasteiger partial charge in [0, 0.05) is 25.7 Å². The second-order valence-electron chi connectivity index (χ2n) is 8.16. The molecular weight excluding hydrogens is 377 g/mol. The van der Waals surface area contributed by atoms with E-state index in [1.807, 2.05) is 57.5 Å². The van der Waals surface area contributed by atoms with Crippen molar-refractivity contribution in [3.63, 3.8) is 0 Å². The van der Waals surface area contributed by atoms with Crippen molar-refractivity contribution < 1.29 is 9.18 Å². The lowest BCUT2D eigenvalue weighted by Gasteiger charge is -2.22. The molecule has 0 saturated carbocycles. The minimum Gasteiger partial charge on any atom is -0.340 e. The molecule has 0 atom stereocenters. The number of hydrogen-bond donors (Lipinski definition) is 1. The number of carbonyl (C=O) groups is 1. The number of piperidine rings is 1. The molecule has 4 nitrogen and oxygen atoms in total. The van der Waals surface area contributed by atoms with E-state index in [0.29, 0.717) is 5.92 Å². The Labute approximate surface area is 181 Å². The van der Waals surface area contributed by atoms with Crippen molar-refractivity contribution in [2.45, 2.75) is 32.1 Å². The van der Waals surface area contributed by atoms with Gasteiger partial charge in [-0.15, -0.1) is 0 Å². The summed E-state index contributed by atoms with van der Waals surface area (Å²) in [4.78, 5) is 15.9. The van der Waals surface area contributed by atoms with Gasteiger partial charge in [-0.1, -0.05) is 31.2 Å². The Morgan fingerprint density at radius 2 is 1.57 bits per heavy atom. The maximum atomic E-state index is 12.6. The summed E-state index contributed by atoms with van der Waals surface area (Å²) in [5.41, 5.74) is 3.31. The number of nitrogens with zero attached hydrogens (tertiary/aromatic N) is 2. The molecule has 1 aliphatic heterocycles. The highest BCUT2D eigenvalue weighted by Crippen LogP contribution is 2.24. The Hall–Kier alpha value is -2.24. The van der Waals surface area contributed by atoms with Crippen molar-refractivity contribution >= 4 is 5.91 Å². The highest BCUT2D eigenvalue weighted by Gasteiger charge is 2.14. The first kappa shape index (κ1) is 24.0. The summed E-state index contributed by atoms with van der Waals surface area (Å²) in [5.74, 6) is 0.578. The van der Waals surface area contributed by atoms with Crippen LogP contribution in [0.15, 0.2) is 48.5 Å². The van der Waals surface area contributed by atoms with Gasteiger partial charge in [0.05, 0.1) is 0 Å². The van der Waals surface area contributed by atoms with Gasteiger partial charge >= 0.3 is 0 Å². The molecule has 2 aromatic rings. The van der Waals surface area contributed by atoms with Gasteiger partial charge in [0.15, 0.2) is 0 Å². The first-order chi connectivity index (χ1) is 14.4. The molecule has 0 aliphatic carbocycles. The van der Waals surface area contributed by atoms with Crippen LogP contribution < -0.4 is 5.32 Å². The predicted molar refractivity (Wildman–Crippen MR) is 123 cm³/mol. The topological polar surface area (TPSA) is 35.6 Å². The number of aryl methyl sites for hydroxylation is 1. The minimum atomic E-state index is -0.141. The summed E-state index contributed by atoms with van der Waals surface area (Å²) in [5, 5.41) is 3.32. The lowest BCUT2D eigenvalue weighted by Crippen LogP contribution is -2.33. The summed E-state index contributed by atoms with van der Waals surface area (Å²) in [6.45, 7) is 5.92. The molecule has 30 heavy (non-hydrogen) atoms. The van der Waals surface area contributed by atoms with E-state index in [1.54, 1.807) is 17.0 Å². The molecule has 2 aromatic carbocycles. The first-order valence-corrected chi connectivity index (χ1v) is 10.9. The number of amides is 1. The number of nitrogens with one attached hydrogen (secondary N) is 1. The van der Waals surface area contributed by atoms with Crippen molar-refractivity contribution in [3.05, 3.63) is 71.0 Å². The van der Waals surface area contributed by atoms with Crippen molar-refractivity contribution in [2.24, 2.45) is 0 Å². The Morgan fingerprint density at radius 3 is 2.10 bits per heavy atom. The van der Waals surface area contributed by atoms with E-state index in [4.69, 9.17) is 0 Å². The number of rotatable bonds is 6. The molecule has 1 saturated heterocycles. The first-order valence-electron chi connectivity index (χ1n) is 10.9. The van der Waals surface area contributed by atoms with Gasteiger partial charge in [-0.3, -0.25) is 4.79 Å². The van der Waals surface area contributed by atoms with Crippen LogP contribution in [0.1, 0.15) is 47.2 Å². The molecular formula is C25H36FN3O. The Morgan fingerprint density at radius 1 is 0.967 bits per heavy atom.